The highest BCUT2D eigenvalue weighted by molar-refractivity contribution is 7.00. The SMILES string of the molecule is O=[N+]([O-])c1ccc(O)c2nsnc12. The molecule has 0 aliphatic heterocycles. The summed E-state index contributed by atoms with van der Waals surface area (Å²) in [6.45, 7) is 0. The lowest BCUT2D eigenvalue weighted by molar-refractivity contribution is -0.383. The number of aromatic nitrogens is 2. The first-order valence-corrected chi connectivity index (χ1v) is 4.02. The van der Waals surface area contributed by atoms with Crippen molar-refractivity contribution in [1.82, 2.24) is 8.75 Å². The molecule has 0 saturated heterocycles. The molecule has 1 N–H and O–H groups in total. The highest BCUT2D eigenvalue weighted by atomic mass is 32.1. The van der Waals surface area contributed by atoms with Gasteiger partial charge in [-0.3, -0.25) is 10.1 Å². The van der Waals surface area contributed by atoms with Crippen LogP contribution in [-0.4, -0.2) is 18.8 Å². The lowest BCUT2D eigenvalue weighted by Gasteiger charge is -1.93. The maximum atomic E-state index is 10.5. The molecule has 66 valence electrons. The predicted octanol–water partition coefficient (Wildman–Crippen LogP) is 1.31. The highest BCUT2D eigenvalue weighted by Crippen LogP contribution is 2.29. The standard InChI is InChI=1S/C6H3N3O3S/c10-4-2-1-3(9(11)12)5-6(4)8-13-7-5/h1-2,10H. The average Bonchev–Trinajstić information content (AvgIpc) is 2.53. The number of nitrogens with zero attached hydrogens (tertiary/aromatic N) is 3. The number of nitro groups is 1. The second-order valence-corrected chi connectivity index (χ2v) is 2.85. The molecule has 0 saturated carbocycles. The topological polar surface area (TPSA) is 89.2 Å². The summed E-state index contributed by atoms with van der Waals surface area (Å²) in [6.07, 6.45) is 0. The number of hydrogen-bond acceptors (Lipinski definition) is 6. The quantitative estimate of drug-likeness (QED) is 0.549. The molecular formula is C6H3N3O3S. The fourth-order valence-electron chi connectivity index (χ4n) is 0.988. The maximum Gasteiger partial charge on any atom is 0.298 e. The molecule has 0 unspecified atom stereocenters. The molecule has 0 fully saturated rings. The minimum absolute atomic E-state index is 0.0886. The summed E-state index contributed by atoms with van der Waals surface area (Å²) in [7, 11) is 0. The monoisotopic (exact) mass is 197 g/mol. The summed E-state index contributed by atoms with van der Waals surface area (Å²) in [5.41, 5.74) is 0.177. The van der Waals surface area contributed by atoms with Gasteiger partial charge in [-0.1, -0.05) is 0 Å². The van der Waals surface area contributed by atoms with Gasteiger partial charge in [0.15, 0.2) is 11.0 Å². The Morgan fingerprint density at radius 1 is 1.38 bits per heavy atom. The summed E-state index contributed by atoms with van der Waals surface area (Å²) in [6, 6.07) is 2.45. The second kappa shape index (κ2) is 2.63. The largest absolute Gasteiger partial charge is 0.506 e. The Balaban J connectivity index is 2.86. The van der Waals surface area contributed by atoms with Gasteiger partial charge in [-0.05, 0) is 6.07 Å². The number of non-ortho nitro benzene ring substituents is 1. The fourth-order valence-corrected chi connectivity index (χ4v) is 1.55. The van der Waals surface area contributed by atoms with E-state index in [0.29, 0.717) is 0 Å². The fraction of sp³-hybridized carbons (Fsp3) is 0. The third kappa shape index (κ3) is 1.09. The van der Waals surface area contributed by atoms with Crippen molar-refractivity contribution >= 4 is 28.4 Å². The summed E-state index contributed by atoms with van der Waals surface area (Å²) in [5.74, 6) is -0.0886. The number of aromatic hydroxyl groups is 1. The van der Waals surface area contributed by atoms with Crippen molar-refractivity contribution in [2.24, 2.45) is 0 Å². The minimum Gasteiger partial charge on any atom is -0.506 e. The zero-order valence-electron chi connectivity index (χ0n) is 6.17. The average molecular weight is 197 g/mol. The predicted molar refractivity (Wildman–Crippen MR) is 45.7 cm³/mol. The third-order valence-electron chi connectivity index (χ3n) is 1.57. The van der Waals surface area contributed by atoms with Crippen molar-refractivity contribution < 1.29 is 10.0 Å². The van der Waals surface area contributed by atoms with Crippen LogP contribution < -0.4 is 0 Å². The zero-order valence-corrected chi connectivity index (χ0v) is 6.98. The van der Waals surface area contributed by atoms with E-state index in [1.165, 1.54) is 12.1 Å². The van der Waals surface area contributed by atoms with Crippen LogP contribution in [-0.2, 0) is 0 Å². The van der Waals surface area contributed by atoms with Crippen molar-refractivity contribution in [1.29, 1.82) is 0 Å². The van der Waals surface area contributed by atoms with Gasteiger partial charge in [-0.25, -0.2) is 0 Å². The van der Waals surface area contributed by atoms with Crippen LogP contribution in [0.5, 0.6) is 5.75 Å². The van der Waals surface area contributed by atoms with Crippen LogP contribution >= 0.6 is 11.7 Å². The number of hydrogen-bond donors (Lipinski definition) is 1. The summed E-state index contributed by atoms with van der Waals surface area (Å²) in [5, 5.41) is 19.7. The van der Waals surface area contributed by atoms with Crippen LogP contribution in [0.25, 0.3) is 11.0 Å². The Bertz CT molecular complexity index is 481. The molecule has 0 radical (unpaired) electrons. The number of benzene rings is 1. The number of fused-ring (bicyclic) bond motifs is 1. The van der Waals surface area contributed by atoms with Gasteiger partial charge >= 0.3 is 0 Å². The second-order valence-electron chi connectivity index (χ2n) is 2.32. The van der Waals surface area contributed by atoms with E-state index in [4.69, 9.17) is 0 Å². The molecule has 7 heteroatoms. The van der Waals surface area contributed by atoms with Gasteiger partial charge in [0.25, 0.3) is 5.69 Å². The first kappa shape index (κ1) is 7.87. The van der Waals surface area contributed by atoms with Crippen LogP contribution in [0.4, 0.5) is 5.69 Å². The molecule has 13 heavy (non-hydrogen) atoms. The van der Waals surface area contributed by atoms with Gasteiger partial charge in [0.1, 0.15) is 5.75 Å². The van der Waals surface area contributed by atoms with E-state index in [9.17, 15) is 15.2 Å². The van der Waals surface area contributed by atoms with Gasteiger partial charge in [0.2, 0.25) is 0 Å². The van der Waals surface area contributed by atoms with Crippen LogP contribution in [0.15, 0.2) is 12.1 Å². The Labute approximate surface area is 75.9 Å². The van der Waals surface area contributed by atoms with Crippen molar-refractivity contribution in [2.45, 2.75) is 0 Å². The molecule has 2 aromatic rings. The molecule has 0 atom stereocenters. The molecule has 0 spiro atoms. The Morgan fingerprint density at radius 3 is 2.77 bits per heavy atom. The van der Waals surface area contributed by atoms with Gasteiger partial charge < -0.3 is 5.11 Å². The molecule has 0 bridgehead atoms. The van der Waals surface area contributed by atoms with E-state index in [0.717, 1.165) is 11.7 Å². The maximum absolute atomic E-state index is 10.5. The number of nitro benzene ring substituents is 1. The molecule has 0 amide bonds. The van der Waals surface area contributed by atoms with Gasteiger partial charge in [-0.15, -0.1) is 0 Å². The minimum atomic E-state index is -0.552. The van der Waals surface area contributed by atoms with Crippen LogP contribution in [0.2, 0.25) is 0 Å². The van der Waals surface area contributed by atoms with Crippen molar-refractivity contribution in [3.8, 4) is 5.75 Å². The van der Waals surface area contributed by atoms with Crippen molar-refractivity contribution in [3.05, 3.63) is 22.2 Å². The first-order chi connectivity index (χ1) is 6.20. The molecule has 1 heterocycles. The molecule has 1 aromatic carbocycles. The molecule has 6 nitrogen and oxygen atoms in total. The van der Waals surface area contributed by atoms with E-state index >= 15 is 0 Å². The lowest BCUT2D eigenvalue weighted by atomic mass is 10.2. The van der Waals surface area contributed by atoms with Gasteiger partial charge in [0.05, 0.1) is 16.7 Å². The van der Waals surface area contributed by atoms with E-state index < -0.39 is 4.92 Å². The van der Waals surface area contributed by atoms with Crippen LogP contribution in [0.3, 0.4) is 0 Å². The molecular weight excluding hydrogens is 194 g/mol. The van der Waals surface area contributed by atoms with Crippen molar-refractivity contribution in [3.63, 3.8) is 0 Å². The number of phenols is 1. The molecule has 0 aliphatic rings. The Kier molecular flexibility index (Phi) is 1.59. The molecule has 0 aliphatic carbocycles. The summed E-state index contributed by atoms with van der Waals surface area (Å²) < 4.78 is 7.47. The van der Waals surface area contributed by atoms with E-state index in [1.54, 1.807) is 0 Å². The van der Waals surface area contributed by atoms with E-state index in [-0.39, 0.29) is 22.5 Å². The smallest absolute Gasteiger partial charge is 0.298 e. The van der Waals surface area contributed by atoms with Crippen molar-refractivity contribution in [2.75, 3.05) is 0 Å². The normalized spacial score (nSPS) is 10.5. The van der Waals surface area contributed by atoms with Gasteiger partial charge in [0, 0.05) is 6.07 Å². The van der Waals surface area contributed by atoms with Crippen LogP contribution in [0, 0.1) is 10.1 Å². The highest BCUT2D eigenvalue weighted by Gasteiger charge is 2.17. The number of phenolic OH excluding ortho intramolecular Hbond substituents is 1. The van der Waals surface area contributed by atoms with Crippen LogP contribution in [0.1, 0.15) is 0 Å². The third-order valence-corrected chi connectivity index (χ3v) is 2.10. The van der Waals surface area contributed by atoms with E-state index in [1.807, 2.05) is 0 Å². The summed E-state index contributed by atoms with van der Waals surface area (Å²) in [4.78, 5) is 9.93. The summed E-state index contributed by atoms with van der Waals surface area (Å²) >= 11 is 0.834. The molecule has 1 aromatic heterocycles. The Hall–Kier alpha value is -1.76. The Morgan fingerprint density at radius 2 is 2.08 bits per heavy atom. The zero-order chi connectivity index (χ0) is 9.42. The number of rotatable bonds is 1. The molecule has 2 rings (SSSR count). The first-order valence-electron chi connectivity index (χ1n) is 3.29. The van der Waals surface area contributed by atoms with E-state index in [2.05, 4.69) is 8.75 Å². The lowest BCUT2D eigenvalue weighted by Crippen LogP contribution is -1.88. The van der Waals surface area contributed by atoms with Gasteiger partial charge in [-0.2, -0.15) is 8.75 Å².